The van der Waals surface area contributed by atoms with Crippen molar-refractivity contribution >= 4 is 5.91 Å². The van der Waals surface area contributed by atoms with Crippen LogP contribution in [0.15, 0.2) is 18.2 Å². The number of carbonyl (C=O) groups excluding carboxylic acids is 1. The number of amides is 1. The van der Waals surface area contributed by atoms with E-state index in [-0.39, 0.29) is 5.41 Å². The molecule has 0 aromatic heterocycles. The highest BCUT2D eigenvalue weighted by Gasteiger charge is 2.45. The molecule has 90 valence electrons. The van der Waals surface area contributed by atoms with Crippen molar-refractivity contribution in [3.63, 3.8) is 0 Å². The Morgan fingerprint density at radius 3 is 2.88 bits per heavy atom. The van der Waals surface area contributed by atoms with E-state index in [4.69, 9.17) is 0 Å². The van der Waals surface area contributed by atoms with Crippen LogP contribution >= 0.6 is 0 Å². The number of hydrogen-bond acceptors (Lipinski definition) is 1. The molecule has 0 bridgehead atoms. The smallest absolute Gasteiger partial charge is 0.223 e. The van der Waals surface area contributed by atoms with E-state index < -0.39 is 0 Å². The molecule has 1 heterocycles. The zero-order valence-electron chi connectivity index (χ0n) is 10.6. The Kier molecular flexibility index (Phi) is 2.29. The van der Waals surface area contributed by atoms with E-state index in [0.717, 1.165) is 6.54 Å². The maximum atomic E-state index is 11.9. The summed E-state index contributed by atoms with van der Waals surface area (Å²) in [4.78, 5) is 13.8. The lowest BCUT2D eigenvalue weighted by molar-refractivity contribution is -0.126. The summed E-state index contributed by atoms with van der Waals surface area (Å²) >= 11 is 0. The third-order valence-corrected chi connectivity index (χ3v) is 4.52. The maximum Gasteiger partial charge on any atom is 0.223 e. The summed E-state index contributed by atoms with van der Waals surface area (Å²) < 4.78 is 0. The first-order chi connectivity index (χ1) is 8.12. The molecule has 1 unspecified atom stereocenters. The van der Waals surface area contributed by atoms with Gasteiger partial charge in [-0.3, -0.25) is 4.79 Å². The second kappa shape index (κ2) is 3.59. The molecule has 1 aromatic rings. The zero-order chi connectivity index (χ0) is 12.0. The molecule has 1 fully saturated rings. The van der Waals surface area contributed by atoms with Crippen molar-refractivity contribution in [3.8, 4) is 0 Å². The summed E-state index contributed by atoms with van der Waals surface area (Å²) in [7, 11) is 1.93. The van der Waals surface area contributed by atoms with E-state index in [1.165, 1.54) is 36.0 Å². The number of nitrogens with zero attached hydrogens (tertiary/aromatic N) is 1. The number of likely N-dealkylation sites (tertiary alicyclic amines) is 1. The average Bonchev–Trinajstić information content (AvgIpc) is 2.57. The second-order valence-corrected chi connectivity index (χ2v) is 5.66. The molecule has 0 radical (unpaired) electrons. The van der Waals surface area contributed by atoms with Gasteiger partial charge in [0.1, 0.15) is 0 Å². The highest BCUT2D eigenvalue weighted by molar-refractivity contribution is 5.81. The largest absolute Gasteiger partial charge is 0.345 e. The van der Waals surface area contributed by atoms with Gasteiger partial charge in [0.2, 0.25) is 5.91 Å². The number of hydrogen-bond donors (Lipinski definition) is 0. The minimum atomic E-state index is 0.117. The molecule has 3 rings (SSSR count). The van der Waals surface area contributed by atoms with Crippen molar-refractivity contribution in [2.75, 3.05) is 13.6 Å². The third-order valence-electron chi connectivity index (χ3n) is 4.52. The van der Waals surface area contributed by atoms with Crippen LogP contribution in [0.25, 0.3) is 0 Å². The number of aryl methyl sites for hydroxylation is 1. The Hall–Kier alpha value is -1.31. The van der Waals surface area contributed by atoms with Crippen molar-refractivity contribution in [1.29, 1.82) is 0 Å². The predicted octanol–water partition coefficient (Wildman–Crippen LogP) is 2.43. The second-order valence-electron chi connectivity index (χ2n) is 5.66. The van der Waals surface area contributed by atoms with Gasteiger partial charge in [0.05, 0.1) is 0 Å². The monoisotopic (exact) mass is 229 g/mol. The van der Waals surface area contributed by atoms with Gasteiger partial charge >= 0.3 is 0 Å². The van der Waals surface area contributed by atoms with E-state index in [1.54, 1.807) is 0 Å². The molecule has 2 aliphatic rings. The van der Waals surface area contributed by atoms with E-state index in [9.17, 15) is 4.79 Å². The Bertz CT molecular complexity index is 480. The van der Waals surface area contributed by atoms with E-state index in [0.29, 0.717) is 12.3 Å². The summed E-state index contributed by atoms with van der Waals surface area (Å²) in [6, 6.07) is 6.58. The van der Waals surface area contributed by atoms with Crippen LogP contribution in [0.1, 0.15) is 36.0 Å². The standard InChI is InChI=1S/C15H19NO/c1-11-5-3-7-13-12(11)6-4-8-15(13)9-14(17)16(2)10-15/h3,5,7H,4,6,8-10H2,1-2H3. The molecule has 1 aromatic carbocycles. The fourth-order valence-electron chi connectivity index (χ4n) is 3.64. The zero-order valence-corrected chi connectivity index (χ0v) is 10.6. The van der Waals surface area contributed by atoms with Gasteiger partial charge in [-0.2, -0.15) is 0 Å². The van der Waals surface area contributed by atoms with E-state index >= 15 is 0 Å². The lowest BCUT2D eigenvalue weighted by Crippen LogP contribution is -2.33. The van der Waals surface area contributed by atoms with Gasteiger partial charge in [0.25, 0.3) is 0 Å². The fourth-order valence-corrected chi connectivity index (χ4v) is 3.64. The molecule has 0 saturated carbocycles. The van der Waals surface area contributed by atoms with Crippen LogP contribution in [0.3, 0.4) is 0 Å². The lowest BCUT2D eigenvalue weighted by atomic mass is 9.68. The van der Waals surface area contributed by atoms with Gasteiger partial charge in [-0.05, 0) is 42.9 Å². The van der Waals surface area contributed by atoms with E-state index in [1.807, 2.05) is 11.9 Å². The van der Waals surface area contributed by atoms with Crippen molar-refractivity contribution < 1.29 is 4.79 Å². The molecule has 1 amide bonds. The first-order valence-corrected chi connectivity index (χ1v) is 6.45. The topological polar surface area (TPSA) is 20.3 Å². The molecule has 0 N–H and O–H groups in total. The van der Waals surface area contributed by atoms with Crippen molar-refractivity contribution in [2.24, 2.45) is 0 Å². The summed E-state index contributed by atoms with van der Waals surface area (Å²) in [5, 5.41) is 0. The lowest BCUT2D eigenvalue weighted by Gasteiger charge is -2.35. The molecule has 1 saturated heterocycles. The Labute approximate surface area is 103 Å². The molecular formula is C15H19NO. The first kappa shape index (κ1) is 10.8. The van der Waals surface area contributed by atoms with Gasteiger partial charge < -0.3 is 4.90 Å². The molecule has 1 aliphatic carbocycles. The summed E-state index contributed by atoms with van der Waals surface area (Å²) in [5.74, 6) is 0.305. The van der Waals surface area contributed by atoms with Crippen LogP contribution in [-0.2, 0) is 16.6 Å². The van der Waals surface area contributed by atoms with Crippen LogP contribution in [0.4, 0.5) is 0 Å². The first-order valence-electron chi connectivity index (χ1n) is 6.45. The van der Waals surface area contributed by atoms with Crippen molar-refractivity contribution in [2.45, 2.75) is 38.0 Å². The van der Waals surface area contributed by atoms with Crippen LogP contribution in [0.5, 0.6) is 0 Å². The maximum absolute atomic E-state index is 11.9. The van der Waals surface area contributed by atoms with Gasteiger partial charge in [0.15, 0.2) is 0 Å². The van der Waals surface area contributed by atoms with Gasteiger partial charge in [-0.15, -0.1) is 0 Å². The Morgan fingerprint density at radius 1 is 1.35 bits per heavy atom. The quantitative estimate of drug-likeness (QED) is 0.669. The number of likely N-dealkylation sites (N-methyl/N-ethyl adjacent to an activating group) is 1. The average molecular weight is 229 g/mol. The Balaban J connectivity index is 2.12. The van der Waals surface area contributed by atoms with Crippen LogP contribution in [-0.4, -0.2) is 24.4 Å². The summed E-state index contributed by atoms with van der Waals surface area (Å²) in [6.45, 7) is 3.10. The minimum Gasteiger partial charge on any atom is -0.345 e. The number of benzene rings is 1. The van der Waals surface area contributed by atoms with Gasteiger partial charge in [-0.1, -0.05) is 18.2 Å². The molecule has 1 aliphatic heterocycles. The Morgan fingerprint density at radius 2 is 2.18 bits per heavy atom. The predicted molar refractivity (Wildman–Crippen MR) is 68.0 cm³/mol. The van der Waals surface area contributed by atoms with Crippen LogP contribution < -0.4 is 0 Å². The van der Waals surface area contributed by atoms with Crippen molar-refractivity contribution in [3.05, 3.63) is 34.9 Å². The number of fused-ring (bicyclic) bond motifs is 2. The SMILES string of the molecule is Cc1cccc2c1CCCC21CC(=O)N(C)C1. The summed E-state index contributed by atoms with van der Waals surface area (Å²) in [6.07, 6.45) is 4.28. The number of rotatable bonds is 0. The highest BCUT2D eigenvalue weighted by Crippen LogP contribution is 2.44. The molecule has 1 spiro atoms. The van der Waals surface area contributed by atoms with Gasteiger partial charge in [-0.25, -0.2) is 0 Å². The van der Waals surface area contributed by atoms with Crippen LogP contribution in [0, 0.1) is 6.92 Å². The highest BCUT2D eigenvalue weighted by atomic mass is 16.2. The minimum absolute atomic E-state index is 0.117. The van der Waals surface area contributed by atoms with Crippen molar-refractivity contribution in [1.82, 2.24) is 4.90 Å². The summed E-state index contributed by atoms with van der Waals surface area (Å²) in [5.41, 5.74) is 4.46. The molecule has 1 atom stereocenters. The molecule has 2 nitrogen and oxygen atoms in total. The molecule has 2 heteroatoms. The molecular weight excluding hydrogens is 210 g/mol. The normalized spacial score (nSPS) is 27.6. The number of carbonyl (C=O) groups is 1. The van der Waals surface area contributed by atoms with Gasteiger partial charge in [0, 0.05) is 25.4 Å². The fraction of sp³-hybridized carbons (Fsp3) is 0.533. The molecule has 17 heavy (non-hydrogen) atoms. The third kappa shape index (κ3) is 1.50. The van der Waals surface area contributed by atoms with E-state index in [2.05, 4.69) is 25.1 Å². The van der Waals surface area contributed by atoms with Crippen LogP contribution in [0.2, 0.25) is 0 Å².